The second-order valence-electron chi connectivity index (χ2n) is 7.12. The average Bonchev–Trinajstić information content (AvgIpc) is 2.86. The first-order valence-electron chi connectivity index (χ1n) is 10.5. The Morgan fingerprint density at radius 3 is 2.00 bits per heavy atom. The van der Waals surface area contributed by atoms with Gasteiger partial charge in [0, 0.05) is 12.1 Å². The molecule has 10 heteroatoms. The van der Waals surface area contributed by atoms with Crippen LogP contribution in [-0.4, -0.2) is 65.4 Å². The van der Waals surface area contributed by atoms with E-state index in [9.17, 15) is 14.4 Å². The molecule has 0 aliphatic carbocycles. The minimum Gasteiger partial charge on any atom is -0.497 e. The van der Waals surface area contributed by atoms with Crippen LogP contribution >= 0.6 is 0 Å². The van der Waals surface area contributed by atoms with Crippen molar-refractivity contribution in [1.82, 2.24) is 10.6 Å². The van der Waals surface area contributed by atoms with Crippen molar-refractivity contribution in [2.24, 2.45) is 0 Å². The Bertz CT molecular complexity index is 966. The van der Waals surface area contributed by atoms with Crippen molar-refractivity contribution in [3.8, 4) is 23.0 Å². The Hall–Kier alpha value is -3.95. The van der Waals surface area contributed by atoms with Gasteiger partial charge in [-0.05, 0) is 43.2 Å². The molecule has 2 N–H and O–H groups in total. The normalized spacial score (nSPS) is 11.1. The molecule has 0 aliphatic rings. The molecule has 34 heavy (non-hydrogen) atoms. The summed E-state index contributed by atoms with van der Waals surface area (Å²) in [5, 5.41) is 5.17. The monoisotopic (exact) mass is 474 g/mol. The second kappa shape index (κ2) is 12.9. The SMILES string of the molecule is COc1ccc(CCNC(=O)C(C)OC(=O)CNC(=O)c2cc(OC)c(OC)c(OC)c2)cc1. The van der Waals surface area contributed by atoms with E-state index in [4.69, 9.17) is 23.7 Å². The molecule has 0 fully saturated rings. The molecule has 184 valence electrons. The van der Waals surface area contributed by atoms with E-state index in [0.717, 1.165) is 11.3 Å². The van der Waals surface area contributed by atoms with Gasteiger partial charge in [0.15, 0.2) is 17.6 Å². The van der Waals surface area contributed by atoms with Crippen LogP contribution in [0.3, 0.4) is 0 Å². The van der Waals surface area contributed by atoms with Gasteiger partial charge >= 0.3 is 5.97 Å². The van der Waals surface area contributed by atoms with E-state index in [1.807, 2.05) is 24.3 Å². The molecule has 0 aliphatic heterocycles. The third kappa shape index (κ3) is 7.29. The number of esters is 1. The predicted molar refractivity (Wildman–Crippen MR) is 124 cm³/mol. The molecule has 1 atom stereocenters. The van der Waals surface area contributed by atoms with Gasteiger partial charge < -0.3 is 34.3 Å². The first kappa shape index (κ1) is 26.3. The van der Waals surface area contributed by atoms with Gasteiger partial charge in [-0.2, -0.15) is 0 Å². The fourth-order valence-electron chi connectivity index (χ4n) is 3.03. The highest BCUT2D eigenvalue weighted by molar-refractivity contribution is 5.97. The van der Waals surface area contributed by atoms with Crippen LogP contribution in [0.5, 0.6) is 23.0 Å². The number of ether oxygens (including phenoxy) is 5. The van der Waals surface area contributed by atoms with Crippen molar-refractivity contribution in [3.63, 3.8) is 0 Å². The number of carbonyl (C=O) groups excluding carboxylic acids is 3. The maximum absolute atomic E-state index is 12.5. The fourth-order valence-corrected chi connectivity index (χ4v) is 3.03. The zero-order valence-corrected chi connectivity index (χ0v) is 19.9. The molecule has 0 spiro atoms. The Morgan fingerprint density at radius 1 is 0.853 bits per heavy atom. The minimum atomic E-state index is -1.01. The highest BCUT2D eigenvalue weighted by Crippen LogP contribution is 2.38. The molecular weight excluding hydrogens is 444 g/mol. The third-order valence-electron chi connectivity index (χ3n) is 4.87. The van der Waals surface area contributed by atoms with Crippen molar-refractivity contribution < 1.29 is 38.1 Å². The number of nitrogens with one attached hydrogen (secondary N) is 2. The molecule has 0 saturated carbocycles. The van der Waals surface area contributed by atoms with Gasteiger partial charge in [0.1, 0.15) is 12.3 Å². The van der Waals surface area contributed by atoms with Crippen LogP contribution in [-0.2, 0) is 20.7 Å². The highest BCUT2D eigenvalue weighted by atomic mass is 16.5. The Labute approximate surface area is 198 Å². The zero-order chi connectivity index (χ0) is 25.1. The summed E-state index contributed by atoms with van der Waals surface area (Å²) in [6, 6.07) is 10.4. The van der Waals surface area contributed by atoms with Crippen molar-refractivity contribution in [2.45, 2.75) is 19.4 Å². The average molecular weight is 475 g/mol. The van der Waals surface area contributed by atoms with E-state index in [1.54, 1.807) is 7.11 Å². The molecule has 0 radical (unpaired) electrons. The van der Waals surface area contributed by atoms with Gasteiger partial charge in [-0.15, -0.1) is 0 Å². The van der Waals surface area contributed by atoms with Crippen LogP contribution in [0.4, 0.5) is 0 Å². The molecule has 0 aromatic heterocycles. The van der Waals surface area contributed by atoms with E-state index < -0.39 is 30.4 Å². The molecule has 1 unspecified atom stereocenters. The number of rotatable bonds is 12. The lowest BCUT2D eigenvalue weighted by Crippen LogP contribution is -2.39. The van der Waals surface area contributed by atoms with Crippen LogP contribution in [0.2, 0.25) is 0 Å². The van der Waals surface area contributed by atoms with E-state index in [1.165, 1.54) is 40.4 Å². The van der Waals surface area contributed by atoms with Crippen molar-refractivity contribution in [2.75, 3.05) is 41.5 Å². The van der Waals surface area contributed by atoms with Crippen LogP contribution in [0.1, 0.15) is 22.8 Å². The number of methoxy groups -OCH3 is 4. The number of hydrogen-bond acceptors (Lipinski definition) is 8. The van der Waals surface area contributed by atoms with E-state index >= 15 is 0 Å². The predicted octanol–water partition coefficient (Wildman–Crippen LogP) is 1.74. The summed E-state index contributed by atoms with van der Waals surface area (Å²) in [6.07, 6.45) is -0.400. The van der Waals surface area contributed by atoms with Crippen molar-refractivity contribution in [1.29, 1.82) is 0 Å². The van der Waals surface area contributed by atoms with Gasteiger partial charge in [-0.3, -0.25) is 14.4 Å². The number of amides is 2. The molecule has 2 aromatic carbocycles. The molecule has 2 amide bonds. The summed E-state index contributed by atoms with van der Waals surface area (Å²) in [6.45, 7) is 1.42. The van der Waals surface area contributed by atoms with Crippen LogP contribution in [0.25, 0.3) is 0 Å². The number of hydrogen-bond donors (Lipinski definition) is 2. The summed E-state index contributed by atoms with van der Waals surface area (Å²) in [5.41, 5.74) is 1.23. The standard InChI is InChI=1S/C24H30N2O8/c1-15(23(28)25-11-10-16-6-8-18(30-2)9-7-16)34-21(27)14-26-24(29)17-12-19(31-3)22(33-5)20(13-17)32-4/h6-9,12-13,15H,10-11,14H2,1-5H3,(H,25,28)(H,26,29). The van der Waals surface area contributed by atoms with Crippen LogP contribution in [0.15, 0.2) is 36.4 Å². The lowest BCUT2D eigenvalue weighted by atomic mass is 10.1. The van der Waals surface area contributed by atoms with E-state index in [2.05, 4.69) is 10.6 Å². The van der Waals surface area contributed by atoms with Gasteiger partial charge in [0.2, 0.25) is 5.75 Å². The zero-order valence-electron chi connectivity index (χ0n) is 19.9. The smallest absolute Gasteiger partial charge is 0.326 e. The van der Waals surface area contributed by atoms with Crippen LogP contribution < -0.4 is 29.6 Å². The highest BCUT2D eigenvalue weighted by Gasteiger charge is 2.20. The van der Waals surface area contributed by atoms with Crippen molar-refractivity contribution >= 4 is 17.8 Å². The molecule has 0 saturated heterocycles. The Kier molecular flexibility index (Phi) is 10.0. The lowest BCUT2D eigenvalue weighted by Gasteiger charge is -2.15. The molecule has 2 rings (SSSR count). The third-order valence-corrected chi connectivity index (χ3v) is 4.87. The van der Waals surface area contributed by atoms with Gasteiger partial charge in [-0.1, -0.05) is 12.1 Å². The largest absolute Gasteiger partial charge is 0.497 e. The molecule has 0 heterocycles. The maximum atomic E-state index is 12.5. The van der Waals surface area contributed by atoms with Crippen molar-refractivity contribution in [3.05, 3.63) is 47.5 Å². The second-order valence-corrected chi connectivity index (χ2v) is 7.12. The summed E-state index contributed by atoms with van der Waals surface area (Å²) in [7, 11) is 5.91. The molecule has 2 aromatic rings. The number of benzene rings is 2. The topological polar surface area (TPSA) is 121 Å². The van der Waals surface area contributed by atoms with E-state index in [-0.39, 0.29) is 5.56 Å². The van der Waals surface area contributed by atoms with Crippen LogP contribution in [0, 0.1) is 0 Å². The molecule has 0 bridgehead atoms. The summed E-state index contributed by atoms with van der Waals surface area (Å²) in [4.78, 5) is 36.8. The van der Waals surface area contributed by atoms with Gasteiger partial charge in [0.05, 0.1) is 28.4 Å². The quantitative estimate of drug-likeness (QED) is 0.446. The Morgan fingerprint density at radius 2 is 1.47 bits per heavy atom. The first-order valence-corrected chi connectivity index (χ1v) is 10.5. The van der Waals surface area contributed by atoms with Gasteiger partial charge in [0.25, 0.3) is 11.8 Å². The summed E-state index contributed by atoms with van der Waals surface area (Å²) >= 11 is 0. The fraction of sp³-hybridized carbons (Fsp3) is 0.375. The first-order chi connectivity index (χ1) is 16.3. The molecular formula is C24H30N2O8. The maximum Gasteiger partial charge on any atom is 0.326 e. The Balaban J connectivity index is 1.81. The lowest BCUT2D eigenvalue weighted by molar-refractivity contribution is -0.153. The minimum absolute atomic E-state index is 0.201. The number of carbonyl (C=O) groups is 3. The molecule has 10 nitrogen and oxygen atoms in total. The van der Waals surface area contributed by atoms with E-state index in [0.29, 0.717) is 30.2 Å². The van der Waals surface area contributed by atoms with Gasteiger partial charge in [-0.25, -0.2) is 0 Å². The summed E-state index contributed by atoms with van der Waals surface area (Å²) < 4.78 is 25.9. The summed E-state index contributed by atoms with van der Waals surface area (Å²) in [5.74, 6) is -0.0355.